The monoisotopic (exact) mass is 291 g/mol. The zero-order chi connectivity index (χ0) is 15.8. The summed E-state index contributed by atoms with van der Waals surface area (Å²) in [5.41, 5.74) is 0.983. The van der Waals surface area contributed by atoms with Gasteiger partial charge in [0.25, 0.3) is 0 Å². The van der Waals surface area contributed by atoms with E-state index in [1.165, 1.54) is 6.92 Å². The number of carbonyl (C=O) groups is 2. The van der Waals surface area contributed by atoms with Crippen LogP contribution in [0.25, 0.3) is 0 Å². The first-order chi connectivity index (χ1) is 9.90. The second-order valence-corrected chi connectivity index (χ2v) is 5.76. The Morgan fingerprint density at radius 2 is 1.86 bits per heavy atom. The molecule has 0 unspecified atom stereocenters. The van der Waals surface area contributed by atoms with Crippen molar-refractivity contribution < 1.29 is 14.3 Å². The summed E-state index contributed by atoms with van der Waals surface area (Å²) >= 11 is 0. The molecular formula is C17H25NO3. The van der Waals surface area contributed by atoms with E-state index in [2.05, 4.69) is 13.8 Å². The highest BCUT2D eigenvalue weighted by atomic mass is 16.5. The third kappa shape index (κ3) is 6.43. The molecule has 4 heteroatoms. The van der Waals surface area contributed by atoms with Crippen LogP contribution in [0, 0.1) is 5.92 Å². The average molecular weight is 291 g/mol. The second-order valence-electron chi connectivity index (χ2n) is 5.76. The fourth-order valence-electron chi connectivity index (χ4n) is 1.85. The molecule has 0 spiro atoms. The van der Waals surface area contributed by atoms with Gasteiger partial charge in [0.1, 0.15) is 11.5 Å². The Morgan fingerprint density at radius 1 is 1.19 bits per heavy atom. The lowest BCUT2D eigenvalue weighted by atomic mass is 10.1. The van der Waals surface area contributed by atoms with Crippen molar-refractivity contribution in [1.29, 1.82) is 0 Å². The van der Waals surface area contributed by atoms with E-state index in [9.17, 15) is 9.59 Å². The average Bonchev–Trinajstić information content (AvgIpc) is 2.43. The van der Waals surface area contributed by atoms with Gasteiger partial charge in [-0.3, -0.25) is 4.79 Å². The number of nitrogens with zero attached hydrogens (tertiary/aromatic N) is 1. The summed E-state index contributed by atoms with van der Waals surface area (Å²) in [6.07, 6.45) is 0.565. The zero-order valence-electron chi connectivity index (χ0n) is 13.4. The van der Waals surface area contributed by atoms with Crippen LogP contribution in [0.15, 0.2) is 24.3 Å². The minimum atomic E-state index is -0.0242. The highest BCUT2D eigenvalue weighted by molar-refractivity contribution is 5.83. The molecular weight excluding hydrogens is 266 g/mol. The number of amides is 1. The van der Waals surface area contributed by atoms with Crippen molar-refractivity contribution in [2.75, 3.05) is 13.7 Å². The Kier molecular flexibility index (Phi) is 6.92. The van der Waals surface area contributed by atoms with Crippen molar-refractivity contribution in [3.05, 3.63) is 29.8 Å². The van der Waals surface area contributed by atoms with Crippen molar-refractivity contribution in [2.24, 2.45) is 5.92 Å². The normalized spacial score (nSPS) is 10.5. The molecule has 0 aromatic heterocycles. The molecule has 1 aromatic carbocycles. The van der Waals surface area contributed by atoms with Crippen LogP contribution in [0.1, 0.15) is 39.2 Å². The SMILES string of the molecule is CC(=O)CCC(=O)N(C)Cc1ccccc1OCC(C)C. The van der Waals surface area contributed by atoms with Crippen LogP contribution >= 0.6 is 0 Å². The molecule has 0 bridgehead atoms. The lowest BCUT2D eigenvalue weighted by Crippen LogP contribution is -2.26. The number of Topliss-reactive ketones (excluding diaryl/α,β-unsaturated/α-hetero) is 1. The number of para-hydroxylation sites is 1. The number of carbonyl (C=O) groups excluding carboxylic acids is 2. The molecule has 1 rings (SSSR count). The molecule has 116 valence electrons. The predicted molar refractivity (Wildman–Crippen MR) is 83.2 cm³/mol. The smallest absolute Gasteiger partial charge is 0.223 e. The van der Waals surface area contributed by atoms with E-state index in [0.717, 1.165) is 11.3 Å². The van der Waals surface area contributed by atoms with Gasteiger partial charge in [-0.2, -0.15) is 0 Å². The van der Waals surface area contributed by atoms with Crippen LogP contribution in [-0.4, -0.2) is 30.2 Å². The molecule has 0 heterocycles. The quantitative estimate of drug-likeness (QED) is 0.739. The topological polar surface area (TPSA) is 46.6 Å². The highest BCUT2D eigenvalue weighted by Crippen LogP contribution is 2.20. The first-order valence-corrected chi connectivity index (χ1v) is 7.34. The third-order valence-corrected chi connectivity index (χ3v) is 3.07. The maximum Gasteiger partial charge on any atom is 0.223 e. The molecule has 0 aliphatic heterocycles. The van der Waals surface area contributed by atoms with Crippen molar-refractivity contribution in [2.45, 2.75) is 40.2 Å². The van der Waals surface area contributed by atoms with Crippen LogP contribution in [0.5, 0.6) is 5.75 Å². The summed E-state index contributed by atoms with van der Waals surface area (Å²) < 4.78 is 5.79. The fourth-order valence-corrected chi connectivity index (χ4v) is 1.85. The summed E-state index contributed by atoms with van der Waals surface area (Å²) in [6.45, 7) is 6.84. The standard InChI is InChI=1S/C17H25NO3/c1-13(2)12-21-16-8-6-5-7-15(16)11-18(4)17(20)10-9-14(3)19/h5-8,13H,9-12H2,1-4H3. The lowest BCUT2D eigenvalue weighted by Gasteiger charge is -2.19. The third-order valence-electron chi connectivity index (χ3n) is 3.07. The van der Waals surface area contributed by atoms with E-state index in [4.69, 9.17) is 4.74 Å². The summed E-state index contributed by atoms with van der Waals surface area (Å²) in [5, 5.41) is 0. The second kappa shape index (κ2) is 8.45. The Bertz CT molecular complexity index is 483. The van der Waals surface area contributed by atoms with Gasteiger partial charge in [0.2, 0.25) is 5.91 Å². The fraction of sp³-hybridized carbons (Fsp3) is 0.529. The van der Waals surface area contributed by atoms with Gasteiger partial charge < -0.3 is 14.4 Å². The molecule has 4 nitrogen and oxygen atoms in total. The van der Waals surface area contributed by atoms with Crippen molar-refractivity contribution >= 4 is 11.7 Å². The van der Waals surface area contributed by atoms with E-state index in [0.29, 0.717) is 25.5 Å². The molecule has 0 aliphatic rings. The van der Waals surface area contributed by atoms with Gasteiger partial charge in [-0.05, 0) is 18.9 Å². The Morgan fingerprint density at radius 3 is 2.48 bits per heavy atom. The summed E-state index contributed by atoms with van der Waals surface area (Å²) in [5.74, 6) is 1.28. The molecule has 0 aliphatic carbocycles. The number of rotatable bonds is 8. The molecule has 1 aromatic rings. The van der Waals surface area contributed by atoms with Crippen molar-refractivity contribution in [1.82, 2.24) is 4.90 Å². The van der Waals surface area contributed by atoms with E-state index < -0.39 is 0 Å². The molecule has 21 heavy (non-hydrogen) atoms. The van der Waals surface area contributed by atoms with Gasteiger partial charge in [-0.1, -0.05) is 32.0 Å². The predicted octanol–water partition coefficient (Wildman–Crippen LogP) is 3.05. The van der Waals surface area contributed by atoms with Crippen LogP contribution in [0.2, 0.25) is 0 Å². The summed E-state index contributed by atoms with van der Waals surface area (Å²) in [7, 11) is 1.75. The Labute approximate surface area is 127 Å². The van der Waals surface area contributed by atoms with Crippen LogP contribution in [0.4, 0.5) is 0 Å². The molecule has 0 N–H and O–H groups in total. The van der Waals surface area contributed by atoms with E-state index in [1.807, 2.05) is 24.3 Å². The molecule has 0 radical (unpaired) electrons. The molecule has 0 saturated heterocycles. The van der Waals surface area contributed by atoms with Gasteiger partial charge in [-0.25, -0.2) is 0 Å². The number of hydrogen-bond donors (Lipinski definition) is 0. The zero-order valence-corrected chi connectivity index (χ0v) is 13.4. The van der Waals surface area contributed by atoms with E-state index in [1.54, 1.807) is 11.9 Å². The number of ether oxygens (including phenoxy) is 1. The lowest BCUT2D eigenvalue weighted by molar-refractivity contribution is -0.132. The van der Waals surface area contributed by atoms with Gasteiger partial charge in [0, 0.05) is 32.0 Å². The van der Waals surface area contributed by atoms with Gasteiger partial charge >= 0.3 is 0 Å². The van der Waals surface area contributed by atoms with Crippen LogP contribution in [-0.2, 0) is 16.1 Å². The van der Waals surface area contributed by atoms with Crippen molar-refractivity contribution in [3.8, 4) is 5.75 Å². The van der Waals surface area contributed by atoms with Gasteiger partial charge in [0.15, 0.2) is 0 Å². The van der Waals surface area contributed by atoms with Gasteiger partial charge in [0.05, 0.1) is 6.61 Å². The van der Waals surface area contributed by atoms with E-state index in [-0.39, 0.29) is 18.1 Å². The Balaban J connectivity index is 2.64. The maximum atomic E-state index is 12.0. The van der Waals surface area contributed by atoms with Gasteiger partial charge in [-0.15, -0.1) is 0 Å². The molecule has 0 saturated carbocycles. The van der Waals surface area contributed by atoms with E-state index >= 15 is 0 Å². The van der Waals surface area contributed by atoms with Crippen LogP contribution < -0.4 is 4.74 Å². The summed E-state index contributed by atoms with van der Waals surface area (Å²) in [4.78, 5) is 24.5. The molecule has 0 fully saturated rings. The van der Waals surface area contributed by atoms with Crippen molar-refractivity contribution in [3.63, 3.8) is 0 Å². The van der Waals surface area contributed by atoms with Crippen LogP contribution in [0.3, 0.4) is 0 Å². The minimum absolute atomic E-state index is 0.0242. The molecule has 0 atom stereocenters. The minimum Gasteiger partial charge on any atom is -0.493 e. The number of ketones is 1. The maximum absolute atomic E-state index is 12.0. The largest absolute Gasteiger partial charge is 0.493 e. The number of hydrogen-bond acceptors (Lipinski definition) is 3. The summed E-state index contributed by atoms with van der Waals surface area (Å²) in [6, 6.07) is 7.75. The first kappa shape index (κ1) is 17.2. The molecule has 1 amide bonds. The highest BCUT2D eigenvalue weighted by Gasteiger charge is 2.13. The Hall–Kier alpha value is -1.84. The number of benzene rings is 1. The first-order valence-electron chi connectivity index (χ1n) is 7.34.